The molecule has 0 amide bonds. The van der Waals surface area contributed by atoms with Crippen LogP contribution in [0.4, 0.5) is 14.5 Å². The lowest BCUT2D eigenvalue weighted by molar-refractivity contribution is 0.151. The van der Waals surface area contributed by atoms with Crippen molar-refractivity contribution in [2.45, 2.75) is 19.3 Å². The Morgan fingerprint density at radius 2 is 2.07 bits per heavy atom. The zero-order chi connectivity index (χ0) is 10.6. The lowest BCUT2D eigenvalue weighted by Gasteiger charge is -2.06. The van der Waals surface area contributed by atoms with Gasteiger partial charge in [0.1, 0.15) is 0 Å². The molecule has 1 rings (SSSR count). The first kappa shape index (κ1) is 11.2. The van der Waals surface area contributed by atoms with Crippen molar-refractivity contribution < 1.29 is 8.78 Å². The summed E-state index contributed by atoms with van der Waals surface area (Å²) >= 11 is 5.52. The predicted octanol–water partition coefficient (Wildman–Crippen LogP) is 3.38. The van der Waals surface area contributed by atoms with Crippen molar-refractivity contribution in [2.24, 2.45) is 0 Å². The summed E-state index contributed by atoms with van der Waals surface area (Å²) in [4.78, 5) is 0. The molecule has 1 aromatic rings. The van der Waals surface area contributed by atoms with Crippen molar-refractivity contribution in [1.82, 2.24) is 0 Å². The van der Waals surface area contributed by atoms with Gasteiger partial charge in [-0.15, -0.1) is 11.6 Å². The molecular formula is C10H12ClF2N. The third-order valence-electron chi connectivity index (χ3n) is 2.00. The highest BCUT2D eigenvalue weighted by molar-refractivity contribution is 6.17. The maximum atomic E-state index is 12.3. The number of hydrogen-bond donors (Lipinski definition) is 1. The molecule has 0 saturated heterocycles. The first-order valence-electron chi connectivity index (χ1n) is 4.37. The molecule has 0 spiro atoms. The highest BCUT2D eigenvalue weighted by atomic mass is 35.5. The van der Waals surface area contributed by atoms with Crippen LogP contribution in [0.3, 0.4) is 0 Å². The smallest absolute Gasteiger partial charge is 0.263 e. The molecule has 0 fully saturated rings. The Labute approximate surface area is 86.9 Å². The summed E-state index contributed by atoms with van der Waals surface area (Å²) in [5.41, 5.74) is 6.90. The first-order chi connectivity index (χ1) is 6.65. The average Bonchev–Trinajstić information content (AvgIpc) is 2.15. The van der Waals surface area contributed by atoms with Crippen LogP contribution in [0.1, 0.15) is 24.0 Å². The maximum Gasteiger partial charge on any atom is 0.263 e. The number of hydrogen-bond acceptors (Lipinski definition) is 1. The summed E-state index contributed by atoms with van der Waals surface area (Å²) in [5.74, 6) is 0.552. The van der Waals surface area contributed by atoms with Crippen LogP contribution in [0.5, 0.6) is 0 Å². The fourth-order valence-corrected chi connectivity index (χ4v) is 1.37. The summed E-state index contributed by atoms with van der Waals surface area (Å²) in [7, 11) is 0. The topological polar surface area (TPSA) is 26.0 Å². The molecule has 0 aliphatic carbocycles. The van der Waals surface area contributed by atoms with E-state index in [4.69, 9.17) is 17.3 Å². The Kier molecular flexibility index (Phi) is 4.14. The number of halogens is 3. The summed E-state index contributed by atoms with van der Waals surface area (Å²) in [6.07, 6.45) is -0.919. The molecule has 0 saturated carbocycles. The molecular weight excluding hydrogens is 208 g/mol. The molecule has 4 heteroatoms. The molecule has 0 heterocycles. The fraction of sp³-hybridized carbons (Fsp3) is 0.400. The number of nitrogens with two attached hydrogens (primary N) is 1. The maximum absolute atomic E-state index is 12.3. The van der Waals surface area contributed by atoms with Gasteiger partial charge in [-0.25, -0.2) is 8.78 Å². The zero-order valence-corrected chi connectivity index (χ0v) is 8.40. The van der Waals surface area contributed by atoms with Crippen molar-refractivity contribution in [2.75, 3.05) is 11.6 Å². The number of rotatable bonds is 4. The standard InChI is InChI=1S/C10H12ClF2N/c11-5-1-2-7-3-4-8(10(12)13)6-9(7)14/h3-4,6,10H,1-2,5,14H2. The monoisotopic (exact) mass is 219 g/mol. The summed E-state index contributed by atoms with van der Waals surface area (Å²) in [6.45, 7) is 0. The Hall–Kier alpha value is -0.830. The number of alkyl halides is 3. The summed E-state index contributed by atoms with van der Waals surface area (Å²) in [5, 5.41) is 0. The largest absolute Gasteiger partial charge is 0.398 e. The molecule has 2 N–H and O–H groups in total. The minimum absolute atomic E-state index is 0.0304. The molecule has 0 unspecified atom stereocenters. The van der Waals surface area contributed by atoms with Crippen LogP contribution in [0, 0.1) is 0 Å². The zero-order valence-electron chi connectivity index (χ0n) is 7.64. The molecule has 1 nitrogen and oxygen atoms in total. The third kappa shape index (κ3) is 2.84. The number of aryl methyl sites for hydroxylation is 1. The van der Waals surface area contributed by atoms with Crippen molar-refractivity contribution in [1.29, 1.82) is 0 Å². The minimum atomic E-state index is -2.46. The van der Waals surface area contributed by atoms with Crippen LogP contribution in [0.2, 0.25) is 0 Å². The quantitative estimate of drug-likeness (QED) is 0.610. The van der Waals surface area contributed by atoms with E-state index in [0.29, 0.717) is 11.6 Å². The fourth-order valence-electron chi connectivity index (χ4n) is 1.23. The highest BCUT2D eigenvalue weighted by Crippen LogP contribution is 2.23. The van der Waals surface area contributed by atoms with Gasteiger partial charge in [0.15, 0.2) is 0 Å². The van der Waals surface area contributed by atoms with Crippen molar-refractivity contribution in [3.63, 3.8) is 0 Å². The SMILES string of the molecule is Nc1cc(C(F)F)ccc1CCCCl. The van der Waals surface area contributed by atoms with Crippen LogP contribution >= 0.6 is 11.6 Å². The minimum Gasteiger partial charge on any atom is -0.398 e. The molecule has 0 radical (unpaired) electrons. The van der Waals surface area contributed by atoms with Crippen LogP contribution < -0.4 is 5.73 Å². The van der Waals surface area contributed by atoms with Gasteiger partial charge in [0.05, 0.1) is 0 Å². The number of anilines is 1. The second-order valence-electron chi connectivity index (χ2n) is 3.05. The lowest BCUT2D eigenvalue weighted by atomic mass is 10.1. The van der Waals surface area contributed by atoms with E-state index in [-0.39, 0.29) is 5.56 Å². The second kappa shape index (κ2) is 5.15. The van der Waals surface area contributed by atoms with E-state index >= 15 is 0 Å². The highest BCUT2D eigenvalue weighted by Gasteiger charge is 2.08. The Bertz CT molecular complexity index is 302. The Morgan fingerprint density at radius 1 is 1.36 bits per heavy atom. The normalized spacial score (nSPS) is 10.9. The van der Waals surface area contributed by atoms with Gasteiger partial charge in [0.25, 0.3) is 6.43 Å². The van der Waals surface area contributed by atoms with Gasteiger partial charge in [-0.1, -0.05) is 12.1 Å². The summed E-state index contributed by atoms with van der Waals surface area (Å²) in [6, 6.07) is 4.38. The summed E-state index contributed by atoms with van der Waals surface area (Å²) < 4.78 is 24.5. The van der Waals surface area contributed by atoms with Gasteiger partial charge in [-0.2, -0.15) is 0 Å². The van der Waals surface area contributed by atoms with Crippen LogP contribution in [0.25, 0.3) is 0 Å². The van der Waals surface area contributed by atoms with Crippen LogP contribution in [0.15, 0.2) is 18.2 Å². The van der Waals surface area contributed by atoms with E-state index in [1.54, 1.807) is 6.07 Å². The average molecular weight is 220 g/mol. The number of benzene rings is 1. The van der Waals surface area contributed by atoms with Gasteiger partial charge < -0.3 is 5.73 Å². The first-order valence-corrected chi connectivity index (χ1v) is 4.91. The third-order valence-corrected chi connectivity index (χ3v) is 2.27. The van der Waals surface area contributed by atoms with Crippen LogP contribution in [-0.4, -0.2) is 5.88 Å². The van der Waals surface area contributed by atoms with E-state index in [2.05, 4.69) is 0 Å². The Balaban J connectivity index is 2.79. The van der Waals surface area contributed by atoms with Gasteiger partial charge in [-0.3, -0.25) is 0 Å². The molecule has 0 atom stereocenters. The molecule has 0 aromatic heterocycles. The Morgan fingerprint density at radius 3 is 2.57 bits per heavy atom. The van der Waals surface area contributed by atoms with Gasteiger partial charge in [0, 0.05) is 17.1 Å². The molecule has 1 aromatic carbocycles. The molecule has 0 aliphatic heterocycles. The molecule has 78 valence electrons. The second-order valence-corrected chi connectivity index (χ2v) is 3.43. The van der Waals surface area contributed by atoms with Crippen molar-refractivity contribution in [3.8, 4) is 0 Å². The van der Waals surface area contributed by atoms with E-state index in [0.717, 1.165) is 18.4 Å². The lowest BCUT2D eigenvalue weighted by Crippen LogP contribution is -1.97. The van der Waals surface area contributed by atoms with E-state index in [1.165, 1.54) is 12.1 Å². The molecule has 0 bridgehead atoms. The molecule has 14 heavy (non-hydrogen) atoms. The molecule has 0 aliphatic rings. The van der Waals surface area contributed by atoms with E-state index < -0.39 is 6.43 Å². The number of nitrogen functional groups attached to an aromatic ring is 1. The van der Waals surface area contributed by atoms with Crippen molar-refractivity contribution in [3.05, 3.63) is 29.3 Å². The van der Waals surface area contributed by atoms with Crippen molar-refractivity contribution >= 4 is 17.3 Å². The van der Waals surface area contributed by atoms with Crippen LogP contribution in [-0.2, 0) is 6.42 Å². The predicted molar refractivity (Wildman–Crippen MR) is 54.9 cm³/mol. The van der Waals surface area contributed by atoms with E-state index in [1.807, 2.05) is 0 Å². The van der Waals surface area contributed by atoms with Gasteiger partial charge >= 0.3 is 0 Å². The van der Waals surface area contributed by atoms with Gasteiger partial charge in [0.2, 0.25) is 0 Å². The van der Waals surface area contributed by atoms with Gasteiger partial charge in [-0.05, 0) is 24.5 Å². The van der Waals surface area contributed by atoms with E-state index in [9.17, 15) is 8.78 Å².